The fourth-order valence-electron chi connectivity index (χ4n) is 0.986. The highest BCUT2D eigenvalue weighted by atomic mass is 19.1. The van der Waals surface area contributed by atoms with Crippen molar-refractivity contribution < 1.29 is 14.3 Å². The van der Waals surface area contributed by atoms with Gasteiger partial charge in [0.25, 0.3) is 0 Å². The first kappa shape index (κ1) is 9.93. The van der Waals surface area contributed by atoms with E-state index in [1.807, 2.05) is 0 Å². The lowest BCUT2D eigenvalue weighted by Crippen LogP contribution is -2.00. The Labute approximate surface area is 79.7 Å². The summed E-state index contributed by atoms with van der Waals surface area (Å²) in [5.74, 6) is -1.83. The van der Waals surface area contributed by atoms with Crippen LogP contribution in [-0.2, 0) is 0 Å². The van der Waals surface area contributed by atoms with Gasteiger partial charge in [0.15, 0.2) is 0 Å². The van der Waals surface area contributed by atoms with Crippen LogP contribution in [0.2, 0.25) is 0 Å². The van der Waals surface area contributed by atoms with Crippen molar-refractivity contribution in [3.8, 4) is 6.07 Å². The van der Waals surface area contributed by atoms with Gasteiger partial charge < -0.3 is 5.11 Å². The summed E-state index contributed by atoms with van der Waals surface area (Å²) in [6, 6.07) is 5.10. The van der Waals surface area contributed by atoms with E-state index >= 15 is 0 Å². The smallest absolute Gasteiger partial charge is 0.336 e. The number of halogens is 1. The molecule has 0 bridgehead atoms. The Morgan fingerprint density at radius 3 is 2.86 bits per heavy atom. The Morgan fingerprint density at radius 2 is 2.29 bits per heavy atom. The monoisotopic (exact) mass is 191 g/mol. The van der Waals surface area contributed by atoms with E-state index in [2.05, 4.69) is 0 Å². The summed E-state index contributed by atoms with van der Waals surface area (Å²) in [4.78, 5) is 10.7. The molecule has 0 radical (unpaired) electrons. The van der Waals surface area contributed by atoms with Gasteiger partial charge in [0.05, 0.1) is 11.6 Å². The molecular formula is C10H6FNO2. The second kappa shape index (κ2) is 4.19. The van der Waals surface area contributed by atoms with Crippen LogP contribution < -0.4 is 0 Å². The van der Waals surface area contributed by atoms with E-state index < -0.39 is 11.8 Å². The summed E-state index contributed by atoms with van der Waals surface area (Å²) < 4.78 is 12.7. The van der Waals surface area contributed by atoms with Crippen molar-refractivity contribution in [1.29, 1.82) is 5.26 Å². The molecule has 14 heavy (non-hydrogen) atoms. The fourth-order valence-corrected chi connectivity index (χ4v) is 0.986. The minimum Gasteiger partial charge on any atom is -0.478 e. The van der Waals surface area contributed by atoms with E-state index in [1.54, 1.807) is 6.07 Å². The molecule has 0 aliphatic carbocycles. The lowest BCUT2D eigenvalue weighted by atomic mass is 10.1. The van der Waals surface area contributed by atoms with Crippen molar-refractivity contribution in [3.05, 3.63) is 41.2 Å². The highest BCUT2D eigenvalue weighted by molar-refractivity contribution is 5.92. The van der Waals surface area contributed by atoms with Crippen LogP contribution in [0.1, 0.15) is 15.9 Å². The summed E-state index contributed by atoms with van der Waals surface area (Å²) in [6.07, 6.45) is 2.46. The highest BCUT2D eigenvalue weighted by Gasteiger charge is 2.08. The molecule has 0 fully saturated rings. The molecule has 0 aromatic heterocycles. The van der Waals surface area contributed by atoms with E-state index in [0.717, 1.165) is 18.2 Å². The molecule has 3 nitrogen and oxygen atoms in total. The number of nitrogens with zero attached hydrogens (tertiary/aromatic N) is 1. The molecule has 0 saturated heterocycles. The molecule has 1 aromatic carbocycles. The molecular weight excluding hydrogens is 185 g/mol. The number of carbonyl (C=O) groups is 1. The van der Waals surface area contributed by atoms with Crippen LogP contribution in [0.5, 0.6) is 0 Å². The lowest BCUT2D eigenvalue weighted by Gasteiger charge is -1.99. The van der Waals surface area contributed by atoms with Gasteiger partial charge in [0.1, 0.15) is 5.82 Å². The molecule has 0 saturated carbocycles. The molecule has 0 amide bonds. The Kier molecular flexibility index (Phi) is 2.97. The van der Waals surface area contributed by atoms with Crippen LogP contribution >= 0.6 is 0 Å². The summed E-state index contributed by atoms with van der Waals surface area (Å²) in [5.41, 5.74) is 0.150. The summed E-state index contributed by atoms with van der Waals surface area (Å²) in [5, 5.41) is 17.0. The first-order valence-electron chi connectivity index (χ1n) is 3.74. The number of hydrogen-bond acceptors (Lipinski definition) is 2. The molecule has 1 rings (SSSR count). The predicted molar refractivity (Wildman–Crippen MR) is 48.0 cm³/mol. The van der Waals surface area contributed by atoms with Crippen LogP contribution in [0.25, 0.3) is 6.08 Å². The van der Waals surface area contributed by atoms with Gasteiger partial charge in [-0.25, -0.2) is 9.18 Å². The van der Waals surface area contributed by atoms with Gasteiger partial charge in [-0.1, -0.05) is 6.07 Å². The topological polar surface area (TPSA) is 61.1 Å². The maximum absolute atomic E-state index is 12.7. The quantitative estimate of drug-likeness (QED) is 0.728. The van der Waals surface area contributed by atoms with Crippen molar-refractivity contribution in [2.45, 2.75) is 0 Å². The number of carboxylic acids is 1. The zero-order valence-electron chi connectivity index (χ0n) is 7.07. The average molecular weight is 191 g/mol. The van der Waals surface area contributed by atoms with Gasteiger partial charge in [-0.05, 0) is 23.8 Å². The van der Waals surface area contributed by atoms with Gasteiger partial charge in [-0.3, -0.25) is 0 Å². The molecule has 0 aliphatic rings. The third-order valence-corrected chi connectivity index (χ3v) is 1.58. The molecule has 1 N–H and O–H groups in total. The van der Waals surface area contributed by atoms with E-state index in [-0.39, 0.29) is 5.56 Å². The van der Waals surface area contributed by atoms with E-state index in [0.29, 0.717) is 5.56 Å². The van der Waals surface area contributed by atoms with Crippen molar-refractivity contribution in [2.24, 2.45) is 0 Å². The number of nitriles is 1. The van der Waals surface area contributed by atoms with Crippen molar-refractivity contribution in [3.63, 3.8) is 0 Å². The number of allylic oxidation sites excluding steroid dienone is 1. The van der Waals surface area contributed by atoms with Gasteiger partial charge in [0.2, 0.25) is 0 Å². The molecule has 0 unspecified atom stereocenters. The van der Waals surface area contributed by atoms with Crippen LogP contribution in [0.15, 0.2) is 24.3 Å². The number of benzene rings is 1. The third kappa shape index (κ3) is 2.17. The van der Waals surface area contributed by atoms with E-state index in [1.165, 1.54) is 12.1 Å². The summed E-state index contributed by atoms with van der Waals surface area (Å²) in [6.45, 7) is 0. The Balaban J connectivity index is 3.23. The largest absolute Gasteiger partial charge is 0.478 e. The summed E-state index contributed by atoms with van der Waals surface area (Å²) in [7, 11) is 0. The standard InChI is InChI=1S/C10H6FNO2/c11-8-4-3-7(2-1-5-12)9(6-8)10(13)14/h1-4,6H,(H,13,14). The summed E-state index contributed by atoms with van der Waals surface area (Å²) >= 11 is 0. The van der Waals surface area contributed by atoms with Crippen LogP contribution in [0.3, 0.4) is 0 Å². The molecule has 0 aliphatic heterocycles. The molecule has 70 valence electrons. The Hall–Kier alpha value is -2.15. The molecule has 0 heterocycles. The number of aromatic carboxylic acids is 1. The molecule has 1 aromatic rings. The van der Waals surface area contributed by atoms with Crippen LogP contribution in [0, 0.1) is 17.1 Å². The Bertz CT molecular complexity index is 432. The van der Waals surface area contributed by atoms with Gasteiger partial charge in [-0.2, -0.15) is 5.26 Å². The fraction of sp³-hybridized carbons (Fsp3) is 0. The van der Waals surface area contributed by atoms with Gasteiger partial charge in [-0.15, -0.1) is 0 Å². The zero-order valence-corrected chi connectivity index (χ0v) is 7.07. The average Bonchev–Trinajstić information content (AvgIpc) is 2.15. The van der Waals surface area contributed by atoms with Crippen molar-refractivity contribution in [1.82, 2.24) is 0 Å². The van der Waals surface area contributed by atoms with E-state index in [4.69, 9.17) is 10.4 Å². The Morgan fingerprint density at radius 1 is 1.57 bits per heavy atom. The normalized spacial score (nSPS) is 10.0. The molecule has 0 spiro atoms. The first-order valence-corrected chi connectivity index (χ1v) is 3.74. The second-order valence-electron chi connectivity index (χ2n) is 2.50. The van der Waals surface area contributed by atoms with Crippen molar-refractivity contribution in [2.75, 3.05) is 0 Å². The molecule has 4 heteroatoms. The SMILES string of the molecule is N#CC=Cc1ccc(F)cc1C(=O)O. The van der Waals surface area contributed by atoms with Crippen molar-refractivity contribution >= 4 is 12.0 Å². The molecule has 0 atom stereocenters. The number of hydrogen-bond donors (Lipinski definition) is 1. The predicted octanol–water partition coefficient (Wildman–Crippen LogP) is 2.06. The van der Waals surface area contributed by atoms with E-state index in [9.17, 15) is 9.18 Å². The number of carboxylic acid groups (broad SMARTS) is 1. The minimum absolute atomic E-state index is 0.156. The second-order valence-corrected chi connectivity index (χ2v) is 2.50. The highest BCUT2D eigenvalue weighted by Crippen LogP contribution is 2.12. The van der Waals surface area contributed by atoms with Crippen LogP contribution in [-0.4, -0.2) is 11.1 Å². The van der Waals surface area contributed by atoms with Gasteiger partial charge >= 0.3 is 5.97 Å². The first-order chi connectivity index (χ1) is 6.65. The maximum atomic E-state index is 12.7. The van der Waals surface area contributed by atoms with Gasteiger partial charge in [0, 0.05) is 6.08 Å². The third-order valence-electron chi connectivity index (χ3n) is 1.58. The number of rotatable bonds is 2. The van der Waals surface area contributed by atoms with Crippen LogP contribution in [0.4, 0.5) is 4.39 Å². The maximum Gasteiger partial charge on any atom is 0.336 e. The zero-order chi connectivity index (χ0) is 10.6. The lowest BCUT2D eigenvalue weighted by molar-refractivity contribution is 0.0696. The minimum atomic E-state index is -1.22.